The van der Waals surface area contributed by atoms with Gasteiger partial charge in [0.05, 0.1) is 11.5 Å². The van der Waals surface area contributed by atoms with E-state index in [1.165, 1.54) is 4.90 Å². The molecule has 23 heavy (non-hydrogen) atoms. The number of amides is 1. The fraction of sp³-hybridized carbons (Fsp3) is 0.389. The van der Waals surface area contributed by atoms with Gasteiger partial charge in [0.1, 0.15) is 5.76 Å². The van der Waals surface area contributed by atoms with Crippen molar-refractivity contribution in [2.24, 2.45) is 0 Å². The molecule has 2 aromatic rings. The van der Waals surface area contributed by atoms with E-state index in [9.17, 15) is 4.79 Å². The number of carbonyl (C=O) groups excluding carboxylic acids is 1. The molecule has 1 fully saturated rings. The molecule has 122 valence electrons. The van der Waals surface area contributed by atoms with E-state index in [0.717, 1.165) is 36.8 Å². The van der Waals surface area contributed by atoms with Crippen LogP contribution in [0.2, 0.25) is 0 Å². The third-order valence-corrected chi connectivity index (χ3v) is 6.18. The summed E-state index contributed by atoms with van der Waals surface area (Å²) in [6.07, 6.45) is 3.30. The first-order valence-electron chi connectivity index (χ1n) is 7.93. The first-order chi connectivity index (χ1) is 11.3. The summed E-state index contributed by atoms with van der Waals surface area (Å²) in [5.41, 5.74) is 0. The van der Waals surface area contributed by atoms with E-state index in [0.29, 0.717) is 11.7 Å². The van der Waals surface area contributed by atoms with Crippen molar-refractivity contribution in [1.82, 2.24) is 4.90 Å². The van der Waals surface area contributed by atoms with E-state index < -0.39 is 0 Å². The molecule has 1 aromatic heterocycles. The molecule has 0 aliphatic carbocycles. The van der Waals surface area contributed by atoms with Gasteiger partial charge in [0.2, 0.25) is 5.91 Å². The molecule has 0 saturated carbocycles. The van der Waals surface area contributed by atoms with Crippen LogP contribution in [0.1, 0.15) is 23.9 Å². The van der Waals surface area contributed by atoms with Crippen molar-refractivity contribution < 1.29 is 9.21 Å². The molecule has 1 atom stereocenters. The molecule has 1 amide bonds. The maximum atomic E-state index is 12.4. The minimum absolute atomic E-state index is 0.272. The second kappa shape index (κ2) is 8.50. The summed E-state index contributed by atoms with van der Waals surface area (Å²) in [7, 11) is 0. The highest BCUT2D eigenvalue weighted by molar-refractivity contribution is 7.99. The molecule has 0 spiro atoms. The lowest BCUT2D eigenvalue weighted by Crippen LogP contribution is -2.33. The van der Waals surface area contributed by atoms with Gasteiger partial charge in [-0.25, -0.2) is 0 Å². The van der Waals surface area contributed by atoms with Crippen LogP contribution in [0.4, 0.5) is 0 Å². The first kappa shape index (κ1) is 16.5. The Morgan fingerprint density at radius 2 is 2.09 bits per heavy atom. The Bertz CT molecular complexity index is 601. The van der Waals surface area contributed by atoms with Crippen LogP contribution in [0.3, 0.4) is 0 Å². The van der Waals surface area contributed by atoms with Gasteiger partial charge in [-0.3, -0.25) is 4.79 Å². The lowest BCUT2D eigenvalue weighted by Gasteiger charge is -2.20. The van der Waals surface area contributed by atoms with Gasteiger partial charge >= 0.3 is 0 Å². The monoisotopic (exact) mass is 347 g/mol. The van der Waals surface area contributed by atoms with Crippen molar-refractivity contribution in [2.75, 3.05) is 24.6 Å². The van der Waals surface area contributed by atoms with E-state index in [1.54, 1.807) is 18.0 Å². The predicted octanol–water partition coefficient (Wildman–Crippen LogP) is 4.47. The highest BCUT2D eigenvalue weighted by atomic mass is 32.2. The maximum Gasteiger partial charge on any atom is 0.223 e. The SMILES string of the molecule is O=C(CCSc1ccccc1)N1CCS[C@H](c2ccco2)CC1. The van der Waals surface area contributed by atoms with Crippen LogP contribution in [0.25, 0.3) is 0 Å². The van der Waals surface area contributed by atoms with Crippen molar-refractivity contribution in [3.8, 4) is 0 Å². The maximum absolute atomic E-state index is 12.4. The molecular weight excluding hydrogens is 326 g/mol. The van der Waals surface area contributed by atoms with Gasteiger partial charge < -0.3 is 9.32 Å². The highest BCUT2D eigenvalue weighted by Crippen LogP contribution is 2.34. The second-order valence-electron chi connectivity index (χ2n) is 5.46. The Kier molecular flexibility index (Phi) is 6.11. The number of thioether (sulfide) groups is 2. The molecule has 1 aromatic carbocycles. The number of furan rings is 1. The van der Waals surface area contributed by atoms with Crippen LogP contribution < -0.4 is 0 Å². The van der Waals surface area contributed by atoms with Gasteiger partial charge in [0.25, 0.3) is 0 Å². The Labute approximate surface area is 145 Å². The second-order valence-corrected chi connectivity index (χ2v) is 7.93. The van der Waals surface area contributed by atoms with Crippen LogP contribution in [0, 0.1) is 0 Å². The lowest BCUT2D eigenvalue weighted by molar-refractivity contribution is -0.130. The van der Waals surface area contributed by atoms with Crippen LogP contribution in [-0.4, -0.2) is 35.4 Å². The fourth-order valence-corrected chi connectivity index (χ4v) is 4.70. The summed E-state index contributed by atoms with van der Waals surface area (Å²) in [6, 6.07) is 14.2. The molecule has 1 saturated heterocycles. The number of hydrogen-bond acceptors (Lipinski definition) is 4. The Hall–Kier alpha value is -1.33. The molecule has 0 N–H and O–H groups in total. The molecule has 3 rings (SSSR count). The fourth-order valence-electron chi connectivity index (χ4n) is 2.65. The molecular formula is C18H21NO2S2. The average Bonchev–Trinajstić information content (AvgIpc) is 3.00. The number of benzene rings is 1. The van der Waals surface area contributed by atoms with Crippen molar-refractivity contribution in [1.29, 1.82) is 0 Å². The molecule has 0 radical (unpaired) electrons. The van der Waals surface area contributed by atoms with Crippen molar-refractivity contribution in [3.63, 3.8) is 0 Å². The lowest BCUT2D eigenvalue weighted by atomic mass is 10.2. The van der Waals surface area contributed by atoms with Crippen molar-refractivity contribution in [3.05, 3.63) is 54.5 Å². The zero-order valence-electron chi connectivity index (χ0n) is 13.0. The summed E-state index contributed by atoms with van der Waals surface area (Å²) in [6.45, 7) is 1.67. The average molecular weight is 348 g/mol. The smallest absolute Gasteiger partial charge is 0.223 e. The van der Waals surface area contributed by atoms with E-state index in [2.05, 4.69) is 12.1 Å². The van der Waals surface area contributed by atoms with Gasteiger partial charge in [0, 0.05) is 35.9 Å². The molecule has 0 unspecified atom stereocenters. The van der Waals surface area contributed by atoms with Crippen LogP contribution in [0.5, 0.6) is 0 Å². The number of hydrogen-bond donors (Lipinski definition) is 0. The minimum Gasteiger partial charge on any atom is -0.468 e. The highest BCUT2D eigenvalue weighted by Gasteiger charge is 2.23. The summed E-state index contributed by atoms with van der Waals surface area (Å²) in [5.74, 6) is 3.12. The number of rotatable bonds is 5. The van der Waals surface area contributed by atoms with E-state index >= 15 is 0 Å². The van der Waals surface area contributed by atoms with Gasteiger partial charge in [-0.15, -0.1) is 23.5 Å². The summed E-state index contributed by atoms with van der Waals surface area (Å²) < 4.78 is 5.51. The van der Waals surface area contributed by atoms with E-state index in [-0.39, 0.29) is 5.91 Å². The van der Waals surface area contributed by atoms with Crippen LogP contribution in [0.15, 0.2) is 58.0 Å². The number of carbonyl (C=O) groups is 1. The van der Waals surface area contributed by atoms with E-state index in [1.807, 2.05) is 47.0 Å². The predicted molar refractivity (Wildman–Crippen MR) is 96.9 cm³/mol. The largest absolute Gasteiger partial charge is 0.468 e. The van der Waals surface area contributed by atoms with Crippen LogP contribution in [-0.2, 0) is 4.79 Å². The molecule has 1 aliphatic rings. The van der Waals surface area contributed by atoms with E-state index in [4.69, 9.17) is 4.42 Å². The van der Waals surface area contributed by atoms with Gasteiger partial charge in [-0.05, 0) is 30.7 Å². The molecule has 3 nitrogen and oxygen atoms in total. The first-order valence-corrected chi connectivity index (χ1v) is 9.97. The third-order valence-electron chi connectivity index (χ3n) is 3.88. The van der Waals surface area contributed by atoms with Crippen molar-refractivity contribution >= 4 is 29.4 Å². The molecule has 0 bridgehead atoms. The summed E-state index contributed by atoms with van der Waals surface area (Å²) in [5, 5.41) is 0.376. The Balaban J connectivity index is 1.44. The zero-order chi connectivity index (χ0) is 15.9. The standard InChI is InChI=1S/C18H21NO2S2/c20-18(9-13-22-15-5-2-1-3-6-15)19-10-8-17(23-14-11-19)16-7-4-12-21-16/h1-7,12,17H,8-11,13-14H2/t17-/m0/s1. The van der Waals surface area contributed by atoms with Gasteiger partial charge in [-0.2, -0.15) is 0 Å². The van der Waals surface area contributed by atoms with Gasteiger partial charge in [-0.1, -0.05) is 18.2 Å². The minimum atomic E-state index is 0.272. The Morgan fingerprint density at radius 1 is 1.22 bits per heavy atom. The summed E-state index contributed by atoms with van der Waals surface area (Å²) in [4.78, 5) is 15.7. The third kappa shape index (κ3) is 4.82. The van der Waals surface area contributed by atoms with Crippen molar-refractivity contribution in [2.45, 2.75) is 23.0 Å². The van der Waals surface area contributed by atoms with Gasteiger partial charge in [0.15, 0.2) is 0 Å². The van der Waals surface area contributed by atoms with Crippen LogP contribution >= 0.6 is 23.5 Å². The normalized spacial score (nSPS) is 18.6. The summed E-state index contributed by atoms with van der Waals surface area (Å²) >= 11 is 3.64. The Morgan fingerprint density at radius 3 is 2.87 bits per heavy atom. The molecule has 1 aliphatic heterocycles. The topological polar surface area (TPSA) is 33.5 Å². The zero-order valence-corrected chi connectivity index (χ0v) is 14.7. The quantitative estimate of drug-likeness (QED) is 0.747. The molecule has 2 heterocycles. The molecule has 5 heteroatoms. The number of nitrogens with zero attached hydrogens (tertiary/aromatic N) is 1.